The lowest BCUT2D eigenvalue weighted by Crippen LogP contribution is -2.56. The molecule has 2 fully saturated rings. The number of amides is 2. The number of hydrogen-bond acceptors (Lipinski definition) is 5. The fraction of sp³-hybridized carbons (Fsp3) is 0.652. The number of alkyl halides is 3. The van der Waals surface area contributed by atoms with Gasteiger partial charge in [-0.3, -0.25) is 4.79 Å². The summed E-state index contributed by atoms with van der Waals surface area (Å²) in [6.07, 6.45) is -4.62. The molecule has 1 aromatic carbocycles. The second-order valence-corrected chi connectivity index (χ2v) is 12.4. The van der Waals surface area contributed by atoms with Crippen molar-refractivity contribution in [1.82, 2.24) is 14.5 Å². The number of benzene rings is 1. The lowest BCUT2D eigenvalue weighted by molar-refractivity contribution is -0.138. The number of ether oxygens (including phenoxy) is 1. The number of carbonyl (C=O) groups excluding carboxylic acids is 2. The molecule has 1 N–H and O–H groups in total. The number of sulfonamides is 1. The van der Waals surface area contributed by atoms with Gasteiger partial charge in [-0.05, 0) is 57.7 Å². The van der Waals surface area contributed by atoms with Crippen molar-refractivity contribution < 1.29 is 35.9 Å². The summed E-state index contributed by atoms with van der Waals surface area (Å²) >= 11 is 0. The van der Waals surface area contributed by atoms with E-state index < -0.39 is 56.5 Å². The molecule has 0 radical (unpaired) electrons. The lowest BCUT2D eigenvalue weighted by Gasteiger charge is -2.36. The first-order valence-electron chi connectivity index (χ1n) is 11.5. The summed E-state index contributed by atoms with van der Waals surface area (Å²) in [5.41, 5.74) is -1.77. The van der Waals surface area contributed by atoms with Gasteiger partial charge in [0.15, 0.2) is 0 Å². The van der Waals surface area contributed by atoms with Crippen molar-refractivity contribution in [1.29, 1.82) is 0 Å². The van der Waals surface area contributed by atoms with Gasteiger partial charge in [0, 0.05) is 25.2 Å². The Morgan fingerprint density at radius 2 is 1.80 bits per heavy atom. The molecular weight excluding hydrogens is 487 g/mol. The fourth-order valence-electron chi connectivity index (χ4n) is 4.51. The van der Waals surface area contributed by atoms with Crippen LogP contribution >= 0.6 is 0 Å². The van der Waals surface area contributed by atoms with Gasteiger partial charge in [0.1, 0.15) is 11.6 Å². The number of hydrogen-bond donors (Lipinski definition) is 1. The van der Waals surface area contributed by atoms with E-state index in [0.29, 0.717) is 18.9 Å². The third kappa shape index (κ3) is 6.27. The van der Waals surface area contributed by atoms with Crippen LogP contribution in [0.5, 0.6) is 0 Å². The number of halogens is 3. The molecule has 0 aliphatic carbocycles. The molecule has 0 saturated carbocycles. The standard InChI is InChI=1S/C23H32F3N3O5S/c1-14(2)9-19(27-21(31)34-22(3,4)5)20(30)28-12-17-11-16(28)13-29(17)35(32,33)18-8-6-7-15(10-18)23(24,25)26/h6-8,10,14,16-17,19H,9,11-13H2,1-5H3,(H,27,31)/t16-,17-,19-/m1/s1. The molecule has 2 aliphatic rings. The summed E-state index contributed by atoms with van der Waals surface area (Å²) in [6, 6.07) is 1.85. The molecule has 3 atom stereocenters. The second kappa shape index (κ2) is 9.61. The van der Waals surface area contributed by atoms with Crippen LogP contribution in [-0.2, 0) is 25.7 Å². The van der Waals surface area contributed by atoms with Crippen LogP contribution in [0.2, 0.25) is 0 Å². The fourth-order valence-corrected chi connectivity index (χ4v) is 6.22. The normalized spacial score (nSPS) is 21.9. The van der Waals surface area contributed by atoms with Crippen molar-refractivity contribution >= 4 is 22.0 Å². The third-order valence-electron chi connectivity index (χ3n) is 5.94. The average Bonchev–Trinajstić information content (AvgIpc) is 3.32. The van der Waals surface area contributed by atoms with Crippen LogP contribution < -0.4 is 5.32 Å². The largest absolute Gasteiger partial charge is 0.444 e. The predicted molar refractivity (Wildman–Crippen MR) is 122 cm³/mol. The Bertz CT molecular complexity index is 1070. The SMILES string of the molecule is CC(C)C[C@@H](NC(=O)OC(C)(C)C)C(=O)N1C[C@H]2C[C@@H]1CN2S(=O)(=O)c1cccc(C(F)(F)F)c1. The Labute approximate surface area is 203 Å². The van der Waals surface area contributed by atoms with E-state index in [2.05, 4.69) is 5.32 Å². The zero-order valence-electron chi connectivity index (χ0n) is 20.4. The van der Waals surface area contributed by atoms with Crippen LogP contribution in [0.15, 0.2) is 29.2 Å². The Kier molecular flexibility index (Phi) is 7.48. The highest BCUT2D eigenvalue weighted by molar-refractivity contribution is 7.89. The minimum atomic E-state index is -4.66. The molecule has 196 valence electrons. The molecule has 12 heteroatoms. The van der Waals surface area contributed by atoms with E-state index in [-0.39, 0.29) is 24.9 Å². The number of fused-ring (bicyclic) bond motifs is 2. The van der Waals surface area contributed by atoms with Gasteiger partial charge in [0.25, 0.3) is 0 Å². The molecule has 3 rings (SSSR count). The molecule has 1 aromatic rings. The second-order valence-electron chi connectivity index (χ2n) is 10.5. The highest BCUT2D eigenvalue weighted by Crippen LogP contribution is 2.37. The van der Waals surface area contributed by atoms with Crippen LogP contribution in [0.4, 0.5) is 18.0 Å². The van der Waals surface area contributed by atoms with Gasteiger partial charge in [0.2, 0.25) is 15.9 Å². The topological polar surface area (TPSA) is 96.0 Å². The van der Waals surface area contributed by atoms with Gasteiger partial charge in [-0.2, -0.15) is 17.5 Å². The number of nitrogens with one attached hydrogen (secondary N) is 1. The summed E-state index contributed by atoms with van der Waals surface area (Å²) in [5.74, 6) is -0.232. The lowest BCUT2D eigenvalue weighted by atomic mass is 10.0. The minimum absolute atomic E-state index is 0.0180. The Balaban J connectivity index is 1.74. The van der Waals surface area contributed by atoms with E-state index >= 15 is 0 Å². The molecule has 2 amide bonds. The molecule has 2 heterocycles. The zero-order valence-corrected chi connectivity index (χ0v) is 21.2. The van der Waals surface area contributed by atoms with Crippen LogP contribution in [0.25, 0.3) is 0 Å². The van der Waals surface area contributed by atoms with Gasteiger partial charge in [0.05, 0.1) is 10.5 Å². The summed E-state index contributed by atoms with van der Waals surface area (Å²) in [7, 11) is -4.17. The van der Waals surface area contributed by atoms with Crippen LogP contribution in [0.3, 0.4) is 0 Å². The van der Waals surface area contributed by atoms with Crippen LogP contribution in [0, 0.1) is 5.92 Å². The molecular formula is C23H32F3N3O5S. The summed E-state index contributed by atoms with van der Waals surface area (Å²) in [5, 5.41) is 2.64. The van der Waals surface area contributed by atoms with Crippen LogP contribution in [0.1, 0.15) is 53.0 Å². The van der Waals surface area contributed by atoms with E-state index in [0.717, 1.165) is 18.2 Å². The van der Waals surface area contributed by atoms with Crippen molar-refractivity contribution in [2.24, 2.45) is 5.92 Å². The molecule has 0 aromatic heterocycles. The minimum Gasteiger partial charge on any atom is -0.444 e. The van der Waals surface area contributed by atoms with Gasteiger partial charge >= 0.3 is 12.3 Å². The number of nitrogens with zero attached hydrogens (tertiary/aromatic N) is 2. The predicted octanol–water partition coefficient (Wildman–Crippen LogP) is 3.62. The third-order valence-corrected chi connectivity index (χ3v) is 7.85. The maximum absolute atomic E-state index is 13.3. The molecule has 2 saturated heterocycles. The number of carbonyl (C=O) groups is 2. The number of rotatable bonds is 6. The smallest absolute Gasteiger partial charge is 0.416 e. The maximum atomic E-state index is 13.3. The number of alkyl carbamates (subject to hydrolysis) is 1. The molecule has 0 spiro atoms. The molecule has 8 nitrogen and oxygen atoms in total. The molecule has 0 unspecified atom stereocenters. The van der Waals surface area contributed by atoms with Gasteiger partial charge in [-0.15, -0.1) is 0 Å². The summed E-state index contributed by atoms with van der Waals surface area (Å²) < 4.78 is 71.9. The average molecular weight is 520 g/mol. The quantitative estimate of drug-likeness (QED) is 0.620. The van der Waals surface area contributed by atoms with Gasteiger partial charge in [-0.25, -0.2) is 13.2 Å². The Hall–Kier alpha value is -2.34. The van der Waals surface area contributed by atoms with E-state index in [1.165, 1.54) is 4.31 Å². The first kappa shape index (κ1) is 27.3. The highest BCUT2D eigenvalue weighted by Gasteiger charge is 2.51. The van der Waals surface area contributed by atoms with Crippen molar-refractivity contribution in [3.63, 3.8) is 0 Å². The number of likely N-dealkylation sites (tertiary alicyclic amines) is 1. The van der Waals surface area contributed by atoms with Crippen molar-refractivity contribution in [2.45, 2.75) is 82.3 Å². The van der Waals surface area contributed by atoms with E-state index in [1.807, 2.05) is 13.8 Å². The first-order chi connectivity index (χ1) is 16.0. The maximum Gasteiger partial charge on any atom is 0.416 e. The first-order valence-corrected chi connectivity index (χ1v) is 12.9. The summed E-state index contributed by atoms with van der Waals surface area (Å²) in [4.78, 5) is 26.7. The van der Waals surface area contributed by atoms with E-state index in [9.17, 15) is 31.2 Å². The van der Waals surface area contributed by atoms with Gasteiger partial charge in [-0.1, -0.05) is 19.9 Å². The van der Waals surface area contributed by atoms with Crippen molar-refractivity contribution in [3.8, 4) is 0 Å². The van der Waals surface area contributed by atoms with E-state index in [1.54, 1.807) is 25.7 Å². The molecule has 35 heavy (non-hydrogen) atoms. The van der Waals surface area contributed by atoms with Crippen LogP contribution in [-0.4, -0.2) is 66.4 Å². The summed E-state index contributed by atoms with van der Waals surface area (Å²) in [6.45, 7) is 9.05. The Morgan fingerprint density at radius 1 is 1.14 bits per heavy atom. The van der Waals surface area contributed by atoms with Gasteiger partial charge < -0.3 is 15.0 Å². The zero-order chi connectivity index (χ0) is 26.3. The Morgan fingerprint density at radius 3 is 2.31 bits per heavy atom. The number of piperazine rings is 1. The monoisotopic (exact) mass is 519 g/mol. The van der Waals surface area contributed by atoms with E-state index in [4.69, 9.17) is 4.74 Å². The molecule has 2 bridgehead atoms. The van der Waals surface area contributed by atoms with Crippen molar-refractivity contribution in [2.75, 3.05) is 13.1 Å². The van der Waals surface area contributed by atoms with Crippen molar-refractivity contribution in [3.05, 3.63) is 29.8 Å². The highest BCUT2D eigenvalue weighted by atomic mass is 32.2. The molecule has 2 aliphatic heterocycles.